The molecule has 1 aliphatic rings. The van der Waals surface area contributed by atoms with Gasteiger partial charge in [-0.25, -0.2) is 4.68 Å². The van der Waals surface area contributed by atoms with E-state index >= 15 is 0 Å². The molecular weight excluding hydrogens is 308 g/mol. The third-order valence-corrected chi connectivity index (χ3v) is 4.96. The Labute approximate surface area is 149 Å². The van der Waals surface area contributed by atoms with E-state index in [0.717, 1.165) is 36.5 Å². The minimum atomic E-state index is 0.882. The summed E-state index contributed by atoms with van der Waals surface area (Å²) in [6.45, 7) is 4.03. The molecule has 1 aliphatic heterocycles. The Kier molecular flexibility index (Phi) is 4.26. The van der Waals surface area contributed by atoms with Gasteiger partial charge < -0.3 is 4.90 Å². The van der Waals surface area contributed by atoms with E-state index in [-0.39, 0.29) is 0 Å². The van der Waals surface area contributed by atoms with E-state index in [4.69, 9.17) is 0 Å². The molecule has 4 rings (SSSR count). The fourth-order valence-corrected chi connectivity index (χ4v) is 3.67. The van der Waals surface area contributed by atoms with Crippen LogP contribution in [0.3, 0.4) is 0 Å². The molecule has 0 atom stereocenters. The van der Waals surface area contributed by atoms with E-state index in [1.807, 2.05) is 0 Å². The molecule has 4 nitrogen and oxygen atoms in total. The summed E-state index contributed by atoms with van der Waals surface area (Å²) in [6.07, 6.45) is 3.56. The van der Waals surface area contributed by atoms with Crippen molar-refractivity contribution < 1.29 is 0 Å². The van der Waals surface area contributed by atoms with Crippen LogP contribution in [0, 0.1) is 0 Å². The molecule has 128 valence electrons. The fraction of sp³-hybridized carbons (Fsp3) is 0.333. The van der Waals surface area contributed by atoms with E-state index in [1.165, 1.54) is 29.7 Å². The van der Waals surface area contributed by atoms with Gasteiger partial charge in [-0.1, -0.05) is 67.4 Å². The maximum Gasteiger partial charge on any atom is 0.123 e. The van der Waals surface area contributed by atoms with Crippen LogP contribution in [0.5, 0.6) is 0 Å². The van der Waals surface area contributed by atoms with E-state index < -0.39 is 0 Å². The van der Waals surface area contributed by atoms with E-state index in [1.54, 1.807) is 0 Å². The highest BCUT2D eigenvalue weighted by Crippen LogP contribution is 2.40. The smallest absolute Gasteiger partial charge is 0.123 e. The van der Waals surface area contributed by atoms with Crippen molar-refractivity contribution in [3.8, 4) is 22.5 Å². The molecule has 3 aromatic rings. The summed E-state index contributed by atoms with van der Waals surface area (Å²) in [7, 11) is 2.15. The summed E-state index contributed by atoms with van der Waals surface area (Å²) in [5.41, 5.74) is 7.09. The van der Waals surface area contributed by atoms with Gasteiger partial charge in [-0.15, -0.1) is 5.10 Å². The average molecular weight is 332 g/mol. The highest BCUT2D eigenvalue weighted by Gasteiger charge is 2.24. The Balaban J connectivity index is 1.92. The average Bonchev–Trinajstić information content (AvgIpc) is 3.04. The van der Waals surface area contributed by atoms with Crippen molar-refractivity contribution in [1.29, 1.82) is 0 Å². The highest BCUT2D eigenvalue weighted by atomic mass is 15.4. The first-order valence-corrected chi connectivity index (χ1v) is 9.12. The third kappa shape index (κ3) is 2.82. The maximum absolute atomic E-state index is 4.60. The van der Waals surface area contributed by atoms with E-state index in [9.17, 15) is 0 Å². The van der Waals surface area contributed by atoms with Crippen LogP contribution in [0.15, 0.2) is 48.5 Å². The van der Waals surface area contributed by atoms with Crippen LogP contribution in [-0.4, -0.2) is 22.0 Å². The molecular formula is C21H24N4. The fourth-order valence-electron chi connectivity index (χ4n) is 3.67. The van der Waals surface area contributed by atoms with Crippen molar-refractivity contribution in [3.05, 3.63) is 54.1 Å². The zero-order valence-corrected chi connectivity index (χ0v) is 14.9. The van der Waals surface area contributed by atoms with Crippen molar-refractivity contribution in [3.63, 3.8) is 0 Å². The minimum Gasteiger partial charge on any atom is -0.370 e. The lowest BCUT2D eigenvalue weighted by molar-refractivity contribution is 0.541. The molecule has 1 aromatic heterocycles. The van der Waals surface area contributed by atoms with Crippen LogP contribution >= 0.6 is 0 Å². The monoisotopic (exact) mass is 332 g/mol. The van der Waals surface area contributed by atoms with Gasteiger partial charge in [0.25, 0.3) is 0 Å². The molecule has 0 saturated carbocycles. The first-order valence-electron chi connectivity index (χ1n) is 9.12. The van der Waals surface area contributed by atoms with Crippen LogP contribution in [-0.2, 0) is 13.1 Å². The number of benzene rings is 2. The van der Waals surface area contributed by atoms with Gasteiger partial charge in [0.2, 0.25) is 0 Å². The predicted molar refractivity (Wildman–Crippen MR) is 103 cm³/mol. The Morgan fingerprint density at radius 2 is 1.72 bits per heavy atom. The van der Waals surface area contributed by atoms with Gasteiger partial charge in [-0.3, -0.25) is 0 Å². The summed E-state index contributed by atoms with van der Waals surface area (Å²) in [5, 5.41) is 9.12. The van der Waals surface area contributed by atoms with Crippen LogP contribution in [0.4, 0.5) is 5.69 Å². The molecule has 25 heavy (non-hydrogen) atoms. The second kappa shape index (κ2) is 6.71. The van der Waals surface area contributed by atoms with Crippen molar-refractivity contribution in [2.75, 3.05) is 11.9 Å². The van der Waals surface area contributed by atoms with Crippen LogP contribution in [0.25, 0.3) is 22.5 Å². The van der Waals surface area contributed by atoms with Crippen LogP contribution < -0.4 is 4.90 Å². The molecule has 4 heteroatoms. The van der Waals surface area contributed by atoms with Gasteiger partial charge in [0, 0.05) is 37.0 Å². The minimum absolute atomic E-state index is 0.882. The molecule has 0 fully saturated rings. The van der Waals surface area contributed by atoms with Gasteiger partial charge in [0.05, 0.1) is 5.69 Å². The van der Waals surface area contributed by atoms with Crippen molar-refractivity contribution >= 4 is 5.69 Å². The van der Waals surface area contributed by atoms with Gasteiger partial charge in [-0.05, 0) is 18.1 Å². The predicted octanol–water partition coefficient (Wildman–Crippen LogP) is 4.75. The molecule has 2 aromatic carbocycles. The Bertz CT molecular complexity index is 881. The largest absolute Gasteiger partial charge is 0.370 e. The quantitative estimate of drug-likeness (QED) is 0.646. The standard InChI is InChI=1S/C21H24N4/c1-3-4-9-14-25-21-17-11-6-5-10-16(17)15-24(2)19-13-8-7-12-18(19)20(21)22-23-25/h5-8,10-13H,3-4,9,14-15H2,1-2H3. The van der Waals surface area contributed by atoms with Crippen molar-refractivity contribution in [1.82, 2.24) is 15.0 Å². The maximum atomic E-state index is 4.60. The van der Waals surface area contributed by atoms with Gasteiger partial charge >= 0.3 is 0 Å². The Hall–Kier alpha value is -2.62. The second-order valence-electron chi connectivity index (χ2n) is 6.75. The summed E-state index contributed by atoms with van der Waals surface area (Å²) < 4.78 is 2.10. The number of para-hydroxylation sites is 1. The number of fused-ring (bicyclic) bond motifs is 5. The number of unbranched alkanes of at least 4 members (excludes halogenated alkanes) is 2. The first kappa shape index (κ1) is 15.9. The van der Waals surface area contributed by atoms with Gasteiger partial charge in [0.15, 0.2) is 0 Å². The third-order valence-electron chi connectivity index (χ3n) is 4.96. The van der Waals surface area contributed by atoms with E-state index in [2.05, 4.69) is 82.4 Å². The molecule has 0 bridgehead atoms. The van der Waals surface area contributed by atoms with Crippen molar-refractivity contribution in [2.45, 2.75) is 39.3 Å². The van der Waals surface area contributed by atoms with E-state index in [0.29, 0.717) is 0 Å². The lowest BCUT2D eigenvalue weighted by Gasteiger charge is -2.26. The topological polar surface area (TPSA) is 34.0 Å². The zero-order valence-electron chi connectivity index (χ0n) is 14.9. The highest BCUT2D eigenvalue weighted by molar-refractivity contribution is 5.87. The number of hydrogen-bond donors (Lipinski definition) is 0. The number of aryl methyl sites for hydroxylation is 1. The van der Waals surface area contributed by atoms with Gasteiger partial charge in [0.1, 0.15) is 5.69 Å². The SMILES string of the molecule is CCCCCn1nnc2c1-c1ccccc1CN(C)c1ccccc1-2. The molecule has 0 unspecified atom stereocenters. The van der Waals surface area contributed by atoms with Gasteiger partial charge in [-0.2, -0.15) is 0 Å². The normalized spacial score (nSPS) is 12.8. The lowest BCUT2D eigenvalue weighted by Crippen LogP contribution is -2.19. The first-order chi connectivity index (χ1) is 12.3. The van der Waals surface area contributed by atoms with Crippen molar-refractivity contribution in [2.24, 2.45) is 0 Å². The molecule has 2 heterocycles. The number of nitrogens with zero attached hydrogens (tertiary/aromatic N) is 4. The van der Waals surface area contributed by atoms with Crippen LogP contribution in [0.1, 0.15) is 31.7 Å². The van der Waals surface area contributed by atoms with Crippen LogP contribution in [0.2, 0.25) is 0 Å². The Morgan fingerprint density at radius 1 is 0.960 bits per heavy atom. The molecule has 0 amide bonds. The molecule has 0 N–H and O–H groups in total. The zero-order chi connectivity index (χ0) is 17.2. The summed E-state index contributed by atoms with van der Waals surface area (Å²) in [4.78, 5) is 2.30. The number of aromatic nitrogens is 3. The summed E-state index contributed by atoms with van der Waals surface area (Å²) in [5.74, 6) is 0. The Morgan fingerprint density at radius 3 is 2.56 bits per heavy atom. The molecule has 0 aliphatic carbocycles. The lowest BCUT2D eigenvalue weighted by atomic mass is 9.96. The number of rotatable bonds is 4. The summed E-state index contributed by atoms with van der Waals surface area (Å²) in [6, 6.07) is 17.1. The second-order valence-corrected chi connectivity index (χ2v) is 6.75. The number of anilines is 1. The molecule has 0 spiro atoms. The molecule has 0 saturated heterocycles. The number of hydrogen-bond acceptors (Lipinski definition) is 3. The molecule has 0 radical (unpaired) electrons. The summed E-state index contributed by atoms with van der Waals surface area (Å²) >= 11 is 0.